The van der Waals surface area contributed by atoms with Gasteiger partial charge in [0, 0.05) is 37.3 Å². The summed E-state index contributed by atoms with van der Waals surface area (Å²) in [5.74, 6) is 0.0557. The molecule has 0 aromatic carbocycles. The van der Waals surface area contributed by atoms with Crippen LogP contribution in [0.2, 0.25) is 0 Å². The van der Waals surface area contributed by atoms with E-state index < -0.39 is 0 Å². The largest absolute Gasteiger partial charge is 0.337 e. The molecule has 2 aromatic heterocycles. The minimum Gasteiger partial charge on any atom is -0.337 e. The number of nitrogens with zero attached hydrogens (tertiary/aromatic N) is 3. The molecule has 3 rings (SSSR count). The summed E-state index contributed by atoms with van der Waals surface area (Å²) in [4.78, 5) is 24.5. The van der Waals surface area contributed by atoms with E-state index in [4.69, 9.17) is 0 Å². The third-order valence-corrected chi connectivity index (χ3v) is 4.88. The van der Waals surface area contributed by atoms with Crippen molar-refractivity contribution in [2.24, 2.45) is 0 Å². The highest BCUT2D eigenvalue weighted by Crippen LogP contribution is 2.22. The highest BCUT2D eigenvalue weighted by Gasteiger charge is 2.29. The average molecular weight is 300 g/mol. The molecule has 2 aromatic rings. The second kappa shape index (κ2) is 6.08. The molecule has 5 heteroatoms. The molecule has 1 aliphatic heterocycles. The molecule has 0 saturated carbocycles. The van der Waals surface area contributed by atoms with Crippen molar-refractivity contribution in [3.63, 3.8) is 0 Å². The van der Waals surface area contributed by atoms with Gasteiger partial charge in [0.2, 0.25) is 0 Å². The molecule has 22 heavy (non-hydrogen) atoms. The zero-order valence-corrected chi connectivity index (χ0v) is 13.5. The van der Waals surface area contributed by atoms with Gasteiger partial charge < -0.3 is 14.8 Å². The van der Waals surface area contributed by atoms with Crippen LogP contribution in [0.3, 0.4) is 0 Å². The SMILES string of the molecule is CCN1CCC(N(C)C(=O)c2cc3cccnc3[nH]2)CC1C. The Labute approximate surface area is 131 Å². The lowest BCUT2D eigenvalue weighted by Crippen LogP contribution is -2.49. The number of piperidine rings is 1. The molecule has 1 amide bonds. The summed E-state index contributed by atoms with van der Waals surface area (Å²) in [6.45, 7) is 6.59. The van der Waals surface area contributed by atoms with Crippen LogP contribution < -0.4 is 0 Å². The average Bonchev–Trinajstić information content (AvgIpc) is 2.97. The maximum Gasteiger partial charge on any atom is 0.270 e. The zero-order valence-electron chi connectivity index (χ0n) is 13.5. The predicted octanol–water partition coefficient (Wildman–Crippen LogP) is 2.51. The normalized spacial score (nSPS) is 22.9. The van der Waals surface area contributed by atoms with Crippen molar-refractivity contribution in [2.75, 3.05) is 20.1 Å². The summed E-state index contributed by atoms with van der Waals surface area (Å²) < 4.78 is 0. The monoisotopic (exact) mass is 300 g/mol. The molecule has 0 bridgehead atoms. The molecule has 0 aliphatic carbocycles. The smallest absolute Gasteiger partial charge is 0.270 e. The van der Waals surface area contributed by atoms with Crippen LogP contribution in [0.25, 0.3) is 11.0 Å². The topological polar surface area (TPSA) is 52.2 Å². The Bertz CT molecular complexity index is 632. The van der Waals surface area contributed by atoms with Crippen molar-refractivity contribution >= 4 is 16.9 Å². The molecular weight excluding hydrogens is 276 g/mol. The lowest BCUT2D eigenvalue weighted by Gasteiger charge is -2.40. The van der Waals surface area contributed by atoms with Gasteiger partial charge in [-0.3, -0.25) is 4.79 Å². The molecule has 1 fully saturated rings. The van der Waals surface area contributed by atoms with Gasteiger partial charge in [0.15, 0.2) is 0 Å². The number of nitrogens with one attached hydrogen (secondary N) is 1. The molecule has 1 saturated heterocycles. The second-order valence-corrected chi connectivity index (χ2v) is 6.20. The summed E-state index contributed by atoms with van der Waals surface area (Å²) >= 11 is 0. The highest BCUT2D eigenvalue weighted by molar-refractivity contribution is 5.97. The lowest BCUT2D eigenvalue weighted by molar-refractivity contribution is 0.0561. The van der Waals surface area contributed by atoms with Crippen molar-refractivity contribution < 1.29 is 4.79 Å². The summed E-state index contributed by atoms with van der Waals surface area (Å²) in [6.07, 6.45) is 3.81. The summed E-state index contributed by atoms with van der Waals surface area (Å²) in [6, 6.07) is 6.59. The quantitative estimate of drug-likeness (QED) is 0.947. The number of likely N-dealkylation sites (tertiary alicyclic amines) is 1. The summed E-state index contributed by atoms with van der Waals surface area (Å²) in [7, 11) is 1.92. The molecule has 1 N–H and O–H groups in total. The van der Waals surface area contributed by atoms with Crippen LogP contribution in [0.1, 0.15) is 37.2 Å². The van der Waals surface area contributed by atoms with E-state index in [-0.39, 0.29) is 5.91 Å². The predicted molar refractivity (Wildman–Crippen MR) is 87.9 cm³/mol. The van der Waals surface area contributed by atoms with Crippen LogP contribution in [-0.2, 0) is 0 Å². The summed E-state index contributed by atoms with van der Waals surface area (Å²) in [5.41, 5.74) is 1.40. The third-order valence-electron chi connectivity index (χ3n) is 4.88. The number of amides is 1. The maximum atomic E-state index is 12.7. The minimum atomic E-state index is 0.0557. The molecule has 1 aliphatic rings. The number of aromatic amines is 1. The van der Waals surface area contributed by atoms with Crippen molar-refractivity contribution in [3.05, 3.63) is 30.1 Å². The van der Waals surface area contributed by atoms with Crippen molar-refractivity contribution in [3.8, 4) is 0 Å². The standard InChI is InChI=1S/C17H24N4O/c1-4-21-9-7-14(10-12(21)2)20(3)17(22)15-11-13-6-5-8-18-16(13)19-15/h5-6,8,11-12,14H,4,7,9-10H2,1-3H3,(H,18,19). The van der Waals surface area contributed by atoms with Crippen LogP contribution >= 0.6 is 0 Å². The van der Waals surface area contributed by atoms with E-state index in [9.17, 15) is 4.79 Å². The number of carbonyl (C=O) groups excluding carboxylic acids is 1. The van der Waals surface area contributed by atoms with Crippen LogP contribution in [-0.4, -0.2) is 57.9 Å². The van der Waals surface area contributed by atoms with Gasteiger partial charge in [-0.05, 0) is 44.5 Å². The van der Waals surface area contributed by atoms with Crippen LogP contribution in [0.5, 0.6) is 0 Å². The molecule has 118 valence electrons. The van der Waals surface area contributed by atoms with Gasteiger partial charge in [0.25, 0.3) is 5.91 Å². The van der Waals surface area contributed by atoms with Crippen LogP contribution in [0, 0.1) is 0 Å². The van der Waals surface area contributed by atoms with E-state index in [0.717, 1.165) is 37.0 Å². The number of pyridine rings is 1. The van der Waals surface area contributed by atoms with E-state index >= 15 is 0 Å². The Morgan fingerprint density at radius 2 is 2.36 bits per heavy atom. The maximum absolute atomic E-state index is 12.7. The number of hydrogen-bond acceptors (Lipinski definition) is 3. The van der Waals surface area contributed by atoms with E-state index in [1.807, 2.05) is 30.1 Å². The van der Waals surface area contributed by atoms with Crippen molar-refractivity contribution in [1.82, 2.24) is 19.8 Å². The second-order valence-electron chi connectivity index (χ2n) is 6.20. The molecule has 0 spiro atoms. The molecular formula is C17H24N4O. The molecule has 3 heterocycles. The zero-order chi connectivity index (χ0) is 15.7. The third kappa shape index (κ3) is 2.73. The fraction of sp³-hybridized carbons (Fsp3) is 0.529. The Kier molecular flexibility index (Phi) is 4.16. The number of aromatic nitrogens is 2. The highest BCUT2D eigenvalue weighted by atomic mass is 16.2. The number of hydrogen-bond donors (Lipinski definition) is 1. The van der Waals surface area contributed by atoms with Gasteiger partial charge in [-0.15, -0.1) is 0 Å². The van der Waals surface area contributed by atoms with Gasteiger partial charge in [0.1, 0.15) is 11.3 Å². The first-order valence-corrected chi connectivity index (χ1v) is 8.05. The van der Waals surface area contributed by atoms with Gasteiger partial charge in [-0.1, -0.05) is 6.92 Å². The summed E-state index contributed by atoms with van der Waals surface area (Å²) in [5, 5.41) is 0.980. The lowest BCUT2D eigenvalue weighted by atomic mass is 9.97. The number of fused-ring (bicyclic) bond motifs is 1. The number of H-pyrrole nitrogens is 1. The van der Waals surface area contributed by atoms with Crippen molar-refractivity contribution in [2.45, 2.75) is 38.8 Å². The molecule has 2 atom stereocenters. The van der Waals surface area contributed by atoms with E-state index in [2.05, 4.69) is 28.7 Å². The fourth-order valence-electron chi connectivity index (χ4n) is 3.45. The molecule has 0 radical (unpaired) electrons. The van der Waals surface area contributed by atoms with Crippen LogP contribution in [0.4, 0.5) is 0 Å². The van der Waals surface area contributed by atoms with Gasteiger partial charge in [-0.2, -0.15) is 0 Å². The first-order chi connectivity index (χ1) is 10.6. The Morgan fingerprint density at radius 3 is 3.05 bits per heavy atom. The van der Waals surface area contributed by atoms with Gasteiger partial charge in [-0.25, -0.2) is 4.98 Å². The van der Waals surface area contributed by atoms with Crippen LogP contribution in [0.15, 0.2) is 24.4 Å². The number of carbonyl (C=O) groups is 1. The Hall–Kier alpha value is -1.88. The van der Waals surface area contributed by atoms with Gasteiger partial charge in [0.05, 0.1) is 0 Å². The minimum absolute atomic E-state index is 0.0557. The van der Waals surface area contributed by atoms with E-state index in [0.29, 0.717) is 17.8 Å². The first-order valence-electron chi connectivity index (χ1n) is 8.05. The molecule has 5 nitrogen and oxygen atoms in total. The Balaban J connectivity index is 1.74. The number of rotatable bonds is 3. The van der Waals surface area contributed by atoms with E-state index in [1.165, 1.54) is 0 Å². The van der Waals surface area contributed by atoms with Gasteiger partial charge >= 0.3 is 0 Å². The van der Waals surface area contributed by atoms with E-state index in [1.54, 1.807) is 6.20 Å². The first kappa shape index (κ1) is 15.0. The van der Waals surface area contributed by atoms with Crippen molar-refractivity contribution in [1.29, 1.82) is 0 Å². The Morgan fingerprint density at radius 1 is 1.55 bits per heavy atom. The molecule has 2 unspecified atom stereocenters. The fourth-order valence-corrected chi connectivity index (χ4v) is 3.45.